The van der Waals surface area contributed by atoms with E-state index >= 15 is 0 Å². The number of likely N-dealkylation sites (N-methyl/N-ethyl adjacent to an activating group) is 2. The summed E-state index contributed by atoms with van der Waals surface area (Å²) < 4.78 is 2.07. The normalized spacial score (nSPS) is 20.4. The lowest BCUT2D eigenvalue weighted by atomic mass is 9.84. The molecule has 0 saturated carbocycles. The highest BCUT2D eigenvalue weighted by Crippen LogP contribution is 2.59. The average molecular weight is 579 g/mol. The maximum Gasteiger partial charge on any atom is 0.0691 e. The Kier molecular flexibility index (Phi) is 6.48. The number of benzene rings is 3. The lowest BCUT2D eigenvalue weighted by Crippen LogP contribution is -2.25. The number of aryl methyl sites for hydroxylation is 1. The van der Waals surface area contributed by atoms with Gasteiger partial charge in [-0.05, 0) is 60.9 Å². The molecule has 0 amide bonds. The molecular formula is C35H39N4PS. The summed E-state index contributed by atoms with van der Waals surface area (Å²) in [6.45, 7) is 13.6. The van der Waals surface area contributed by atoms with Crippen LogP contribution in [0.2, 0.25) is 0 Å². The Balaban J connectivity index is 1.62. The van der Waals surface area contributed by atoms with E-state index in [1.54, 1.807) is 0 Å². The van der Waals surface area contributed by atoms with Gasteiger partial charge in [-0.25, -0.2) is 4.68 Å². The number of allylic oxidation sites excluding steroid dienone is 2. The van der Waals surface area contributed by atoms with Crippen LogP contribution in [0.25, 0.3) is 5.69 Å². The lowest BCUT2D eigenvalue weighted by molar-refractivity contribution is 0.640. The molecule has 6 rings (SSSR count). The van der Waals surface area contributed by atoms with Gasteiger partial charge in [0.05, 0.1) is 17.1 Å². The first kappa shape index (κ1) is 27.8. The molecule has 3 heterocycles. The van der Waals surface area contributed by atoms with E-state index in [1.165, 1.54) is 39.2 Å². The number of anilines is 2. The largest absolute Gasteiger partial charge is 0.347 e. The van der Waals surface area contributed by atoms with Crippen LogP contribution in [0.5, 0.6) is 0 Å². The van der Waals surface area contributed by atoms with Crippen LogP contribution in [0.1, 0.15) is 50.2 Å². The van der Waals surface area contributed by atoms with E-state index in [2.05, 4.69) is 155 Å². The Hall–Kier alpha value is -3.40. The fraction of sp³-hybridized carbons (Fsp3) is 0.286. The zero-order valence-electron chi connectivity index (χ0n) is 25.3. The topological polar surface area (TPSA) is 24.3 Å². The third kappa shape index (κ3) is 4.16. The molecule has 4 aromatic rings. The van der Waals surface area contributed by atoms with E-state index < -0.39 is 6.04 Å². The van der Waals surface area contributed by atoms with Crippen LogP contribution in [-0.2, 0) is 22.6 Å². The van der Waals surface area contributed by atoms with Crippen molar-refractivity contribution in [3.8, 4) is 5.69 Å². The van der Waals surface area contributed by atoms with Crippen molar-refractivity contribution >= 4 is 34.5 Å². The maximum absolute atomic E-state index is 6.96. The molecule has 41 heavy (non-hydrogen) atoms. The van der Waals surface area contributed by atoms with Crippen molar-refractivity contribution in [3.05, 3.63) is 124 Å². The quantitative estimate of drug-likeness (QED) is 0.228. The number of nitrogens with zero attached hydrogens (tertiary/aromatic N) is 4. The fourth-order valence-electron chi connectivity index (χ4n) is 6.95. The highest BCUT2D eigenvalue weighted by molar-refractivity contribution is 8.21. The number of hydrogen-bond donors (Lipinski definition) is 0. The molecule has 0 N–H and O–H groups in total. The molecule has 2 aliphatic rings. The summed E-state index contributed by atoms with van der Waals surface area (Å²) in [7, 11) is 4.36. The number of hydrogen-bond acceptors (Lipinski definition) is 4. The standard InChI is InChI=1S/C35H39N4PS/c1-24-33(25(2)39(36-24)26-16-10-9-11-17-26)40(41,22-31-34(3,4)27-18-12-14-20-29(27)37(31)7)23-32-35(5,6)28-19-13-15-21-30(28)38(32)8/h9-23H,1-8H3/b31-22-,32-23+. The molecule has 1 unspecified atom stereocenters. The van der Waals surface area contributed by atoms with Crippen molar-refractivity contribution in [2.75, 3.05) is 23.9 Å². The minimum atomic E-state index is -2.49. The maximum atomic E-state index is 6.96. The van der Waals surface area contributed by atoms with E-state index in [1.807, 2.05) is 6.07 Å². The van der Waals surface area contributed by atoms with E-state index in [4.69, 9.17) is 16.9 Å². The highest BCUT2D eigenvalue weighted by Gasteiger charge is 2.43. The van der Waals surface area contributed by atoms with Gasteiger partial charge in [0.15, 0.2) is 0 Å². The third-order valence-electron chi connectivity index (χ3n) is 9.11. The van der Waals surface area contributed by atoms with Crippen molar-refractivity contribution in [1.82, 2.24) is 9.78 Å². The molecular weight excluding hydrogens is 539 g/mol. The average Bonchev–Trinajstić information content (AvgIpc) is 3.44. The molecule has 0 aliphatic carbocycles. The van der Waals surface area contributed by atoms with Gasteiger partial charge in [0.2, 0.25) is 0 Å². The van der Waals surface area contributed by atoms with Gasteiger partial charge < -0.3 is 9.80 Å². The Morgan fingerprint density at radius 3 is 1.59 bits per heavy atom. The zero-order valence-corrected chi connectivity index (χ0v) is 27.0. The summed E-state index contributed by atoms with van der Waals surface area (Å²) in [5.41, 5.74) is 10.5. The van der Waals surface area contributed by atoms with Gasteiger partial charge in [-0.2, -0.15) is 5.10 Å². The molecule has 0 spiro atoms. The molecule has 0 bridgehead atoms. The Labute approximate surface area is 250 Å². The molecule has 2 aliphatic heterocycles. The minimum absolute atomic E-state index is 0.175. The second-order valence-electron chi connectivity index (χ2n) is 12.4. The monoisotopic (exact) mass is 578 g/mol. The Morgan fingerprint density at radius 1 is 0.683 bits per heavy atom. The molecule has 0 radical (unpaired) electrons. The number of para-hydroxylation sites is 3. The zero-order chi connectivity index (χ0) is 29.3. The fourth-order valence-corrected chi connectivity index (χ4v) is 11.5. The second kappa shape index (κ2) is 9.58. The van der Waals surface area contributed by atoms with Gasteiger partial charge in [-0.15, -0.1) is 0 Å². The van der Waals surface area contributed by atoms with Crippen molar-refractivity contribution in [2.45, 2.75) is 52.4 Å². The Morgan fingerprint density at radius 2 is 1.12 bits per heavy atom. The van der Waals surface area contributed by atoms with E-state index in [0.29, 0.717) is 0 Å². The lowest BCUT2D eigenvalue weighted by Gasteiger charge is -2.30. The van der Waals surface area contributed by atoms with Gasteiger partial charge >= 0.3 is 0 Å². The molecule has 0 fully saturated rings. The van der Waals surface area contributed by atoms with Crippen LogP contribution in [0.4, 0.5) is 11.4 Å². The SMILES string of the molecule is Cc1nn(-c2ccccc2)c(C)c1P(=S)(/C=C1\N(C)c2ccccc2C1(C)C)/C=C1/N(C)c2ccccc2C1(C)C. The number of rotatable bonds is 4. The summed E-state index contributed by atoms with van der Waals surface area (Å²) >= 11 is 6.96. The summed E-state index contributed by atoms with van der Waals surface area (Å²) in [4.78, 5) is 4.69. The van der Waals surface area contributed by atoms with Gasteiger partial charge in [-0.3, -0.25) is 0 Å². The van der Waals surface area contributed by atoms with Crippen molar-refractivity contribution in [1.29, 1.82) is 0 Å². The Bertz CT molecular complexity index is 1690. The van der Waals surface area contributed by atoms with E-state index in [-0.39, 0.29) is 10.8 Å². The molecule has 3 aromatic carbocycles. The predicted molar refractivity (Wildman–Crippen MR) is 179 cm³/mol. The molecule has 1 atom stereocenters. The first-order valence-electron chi connectivity index (χ1n) is 14.2. The van der Waals surface area contributed by atoms with Crippen molar-refractivity contribution in [3.63, 3.8) is 0 Å². The first-order chi connectivity index (χ1) is 19.4. The van der Waals surface area contributed by atoms with Gasteiger partial charge in [-0.1, -0.05) is 94.1 Å². The van der Waals surface area contributed by atoms with Crippen LogP contribution in [-0.4, -0.2) is 23.9 Å². The smallest absolute Gasteiger partial charge is 0.0691 e. The molecule has 6 heteroatoms. The van der Waals surface area contributed by atoms with E-state index in [9.17, 15) is 0 Å². The minimum Gasteiger partial charge on any atom is -0.347 e. The van der Waals surface area contributed by atoms with Gasteiger partial charge in [0, 0.05) is 59.0 Å². The first-order valence-corrected chi connectivity index (χ1v) is 17.2. The molecule has 210 valence electrons. The van der Waals surface area contributed by atoms with Crippen LogP contribution < -0.4 is 15.1 Å². The van der Waals surface area contributed by atoms with Crippen LogP contribution in [0.15, 0.2) is 102 Å². The molecule has 0 saturated heterocycles. The summed E-state index contributed by atoms with van der Waals surface area (Å²) in [6, 6.07) is 25.4. The summed E-state index contributed by atoms with van der Waals surface area (Å²) in [5.74, 6) is 4.88. The van der Waals surface area contributed by atoms with Crippen LogP contribution in [0.3, 0.4) is 0 Å². The summed E-state index contributed by atoms with van der Waals surface area (Å²) in [6.07, 6.45) is 0. The second-order valence-corrected chi connectivity index (χ2v) is 16.6. The predicted octanol–water partition coefficient (Wildman–Crippen LogP) is 8.13. The molecule has 1 aromatic heterocycles. The van der Waals surface area contributed by atoms with Crippen molar-refractivity contribution < 1.29 is 0 Å². The van der Waals surface area contributed by atoms with Gasteiger partial charge in [0.25, 0.3) is 0 Å². The number of fused-ring (bicyclic) bond motifs is 2. The van der Waals surface area contributed by atoms with Gasteiger partial charge in [0.1, 0.15) is 0 Å². The molecule has 4 nitrogen and oxygen atoms in total. The highest BCUT2D eigenvalue weighted by atomic mass is 32.4. The van der Waals surface area contributed by atoms with Crippen LogP contribution >= 0.6 is 6.04 Å². The number of aromatic nitrogens is 2. The van der Waals surface area contributed by atoms with Crippen LogP contribution in [0, 0.1) is 13.8 Å². The van der Waals surface area contributed by atoms with E-state index in [0.717, 1.165) is 17.1 Å². The third-order valence-corrected chi connectivity index (χ3v) is 12.9. The summed E-state index contributed by atoms with van der Waals surface area (Å²) in [5, 5.41) is 6.25. The van der Waals surface area contributed by atoms with Crippen molar-refractivity contribution in [2.24, 2.45) is 0 Å².